The Balaban J connectivity index is 0.000000245. The van der Waals surface area contributed by atoms with Gasteiger partial charge in [-0.1, -0.05) is 12.8 Å². The smallest absolute Gasteiger partial charge is 0.550 e. The van der Waals surface area contributed by atoms with E-state index in [0.29, 0.717) is 0 Å². The van der Waals surface area contributed by atoms with Crippen molar-refractivity contribution in [3.8, 4) is 0 Å². The fourth-order valence-electron chi connectivity index (χ4n) is 1.29. The molecular formula is C10H14CoO4. The van der Waals surface area contributed by atoms with Crippen molar-refractivity contribution in [2.45, 2.75) is 38.5 Å². The quantitative estimate of drug-likeness (QED) is 0.640. The zero-order chi connectivity index (χ0) is 10.6. The molecule has 2 saturated carbocycles. The van der Waals surface area contributed by atoms with Crippen LogP contribution in [0.4, 0.5) is 0 Å². The first-order valence-corrected chi connectivity index (χ1v) is 5.03. The van der Waals surface area contributed by atoms with Crippen LogP contribution in [0, 0.1) is 11.8 Å². The van der Waals surface area contributed by atoms with Crippen molar-refractivity contribution in [1.82, 2.24) is 0 Å². The number of rotatable bonds is 2. The molecule has 0 saturated heterocycles. The average Bonchev–Trinajstić information content (AvgIpc) is 1.74. The van der Waals surface area contributed by atoms with Gasteiger partial charge in [0.2, 0.25) is 0 Å². The minimum atomic E-state index is -0.869. The number of carbonyl (C=O) groups excluding carboxylic acids is 2. The van der Waals surface area contributed by atoms with Gasteiger partial charge in [-0.2, -0.15) is 0 Å². The van der Waals surface area contributed by atoms with Gasteiger partial charge in [-0.25, -0.2) is 0 Å². The Labute approximate surface area is 99.2 Å². The summed E-state index contributed by atoms with van der Waals surface area (Å²) in [7, 11) is 0. The molecular weight excluding hydrogens is 243 g/mol. The normalized spacial score (nSPS) is 19.7. The van der Waals surface area contributed by atoms with E-state index in [1.165, 1.54) is 0 Å². The molecule has 0 heterocycles. The minimum Gasteiger partial charge on any atom is -0.550 e. The summed E-state index contributed by atoms with van der Waals surface area (Å²) in [6.45, 7) is 0. The van der Waals surface area contributed by atoms with Gasteiger partial charge in [0.05, 0.1) is 0 Å². The first-order valence-electron chi connectivity index (χ1n) is 5.03. The van der Waals surface area contributed by atoms with E-state index in [2.05, 4.69) is 0 Å². The summed E-state index contributed by atoms with van der Waals surface area (Å²) >= 11 is 0. The molecule has 0 aromatic carbocycles. The second kappa shape index (κ2) is 6.84. The van der Waals surface area contributed by atoms with Crippen LogP contribution in [0.3, 0.4) is 0 Å². The van der Waals surface area contributed by atoms with Crippen LogP contribution in [-0.4, -0.2) is 11.9 Å². The second-order valence-electron chi connectivity index (χ2n) is 3.89. The Kier molecular flexibility index (Phi) is 6.59. The second-order valence-corrected chi connectivity index (χ2v) is 3.89. The van der Waals surface area contributed by atoms with Crippen LogP contribution in [-0.2, 0) is 26.4 Å². The Hall–Kier alpha value is -0.554. The first-order chi connectivity index (χ1) is 6.61. The molecule has 2 rings (SSSR count). The summed E-state index contributed by atoms with van der Waals surface area (Å²) in [6.07, 6.45) is 5.48. The van der Waals surface area contributed by atoms with E-state index < -0.39 is 11.9 Å². The average molecular weight is 257 g/mol. The van der Waals surface area contributed by atoms with Gasteiger partial charge in [-0.3, -0.25) is 0 Å². The fraction of sp³-hybridized carbons (Fsp3) is 0.800. The Morgan fingerprint density at radius 1 is 0.800 bits per heavy atom. The summed E-state index contributed by atoms with van der Waals surface area (Å²) in [4.78, 5) is 19.7. The monoisotopic (exact) mass is 257 g/mol. The standard InChI is InChI=1S/2C5H8O2.Co/c2*6-5(7)4-2-1-3-4;/h2*4H,1-3H2,(H,6,7);/q;;+2/p-2. The molecule has 0 spiro atoms. The summed E-state index contributed by atoms with van der Waals surface area (Å²) < 4.78 is 0. The van der Waals surface area contributed by atoms with E-state index in [4.69, 9.17) is 0 Å². The largest absolute Gasteiger partial charge is 2.00 e. The number of carboxylic acid groups (broad SMARTS) is 2. The topological polar surface area (TPSA) is 80.3 Å². The van der Waals surface area contributed by atoms with Gasteiger partial charge < -0.3 is 19.8 Å². The summed E-state index contributed by atoms with van der Waals surface area (Å²) in [5.41, 5.74) is 0. The van der Waals surface area contributed by atoms with Gasteiger partial charge in [-0.15, -0.1) is 0 Å². The summed E-state index contributed by atoms with van der Waals surface area (Å²) in [5, 5.41) is 19.7. The fourth-order valence-corrected chi connectivity index (χ4v) is 1.29. The van der Waals surface area contributed by atoms with Crippen molar-refractivity contribution in [1.29, 1.82) is 0 Å². The molecule has 4 nitrogen and oxygen atoms in total. The van der Waals surface area contributed by atoms with Crippen LogP contribution >= 0.6 is 0 Å². The maximum absolute atomic E-state index is 9.87. The van der Waals surface area contributed by atoms with Crippen LogP contribution < -0.4 is 10.2 Å². The number of carbonyl (C=O) groups is 2. The first kappa shape index (κ1) is 14.4. The van der Waals surface area contributed by atoms with Gasteiger partial charge in [0.15, 0.2) is 0 Å². The number of hydrogen-bond donors (Lipinski definition) is 0. The van der Waals surface area contributed by atoms with Gasteiger partial charge in [0, 0.05) is 11.9 Å². The van der Waals surface area contributed by atoms with Crippen LogP contribution in [0.25, 0.3) is 0 Å². The van der Waals surface area contributed by atoms with Crippen molar-refractivity contribution >= 4 is 11.9 Å². The molecule has 1 radical (unpaired) electrons. The Morgan fingerprint density at radius 2 is 1.07 bits per heavy atom. The van der Waals surface area contributed by atoms with Crippen LogP contribution in [0.2, 0.25) is 0 Å². The Bertz CT molecular complexity index is 197. The van der Waals surface area contributed by atoms with E-state index in [1.807, 2.05) is 0 Å². The molecule has 0 aromatic heterocycles. The number of aliphatic carboxylic acids is 2. The maximum atomic E-state index is 9.87. The molecule has 87 valence electrons. The SMILES string of the molecule is O=C([O-])C1CCC1.O=C([O-])C1CCC1.[Co+2]. The third kappa shape index (κ3) is 4.66. The van der Waals surface area contributed by atoms with Gasteiger partial charge in [0.25, 0.3) is 0 Å². The van der Waals surface area contributed by atoms with Crippen LogP contribution in [0.1, 0.15) is 38.5 Å². The van der Waals surface area contributed by atoms with Crippen LogP contribution in [0.15, 0.2) is 0 Å². The van der Waals surface area contributed by atoms with E-state index in [0.717, 1.165) is 38.5 Å². The van der Waals surface area contributed by atoms with Crippen molar-refractivity contribution in [3.05, 3.63) is 0 Å². The molecule has 2 fully saturated rings. The predicted octanol–water partition coefficient (Wildman–Crippen LogP) is -0.930. The third-order valence-corrected chi connectivity index (χ3v) is 2.88. The maximum Gasteiger partial charge on any atom is 2.00 e. The zero-order valence-electron chi connectivity index (χ0n) is 8.36. The molecule has 0 N–H and O–H groups in total. The molecule has 0 amide bonds. The number of hydrogen-bond acceptors (Lipinski definition) is 4. The van der Waals surface area contributed by atoms with E-state index >= 15 is 0 Å². The summed E-state index contributed by atoms with van der Waals surface area (Å²) in [6, 6.07) is 0. The molecule has 2 aliphatic carbocycles. The van der Waals surface area contributed by atoms with Gasteiger partial charge >= 0.3 is 16.8 Å². The molecule has 0 atom stereocenters. The molecule has 5 heteroatoms. The molecule has 0 aliphatic heterocycles. The molecule has 15 heavy (non-hydrogen) atoms. The zero-order valence-corrected chi connectivity index (χ0v) is 9.40. The minimum absolute atomic E-state index is 0. The molecule has 2 aliphatic rings. The number of carboxylic acids is 2. The van der Waals surface area contributed by atoms with E-state index in [1.54, 1.807) is 0 Å². The van der Waals surface area contributed by atoms with Gasteiger partial charge in [0.1, 0.15) is 0 Å². The molecule has 0 bridgehead atoms. The van der Waals surface area contributed by atoms with Crippen molar-refractivity contribution in [2.75, 3.05) is 0 Å². The van der Waals surface area contributed by atoms with Crippen molar-refractivity contribution in [2.24, 2.45) is 11.8 Å². The van der Waals surface area contributed by atoms with E-state index in [-0.39, 0.29) is 28.6 Å². The van der Waals surface area contributed by atoms with Crippen molar-refractivity contribution < 1.29 is 36.6 Å². The predicted molar refractivity (Wildman–Crippen MR) is 44.7 cm³/mol. The molecule has 0 unspecified atom stereocenters. The van der Waals surface area contributed by atoms with Gasteiger partial charge in [-0.05, 0) is 37.5 Å². The molecule has 0 aromatic rings. The van der Waals surface area contributed by atoms with Crippen molar-refractivity contribution in [3.63, 3.8) is 0 Å². The Morgan fingerprint density at radius 3 is 1.07 bits per heavy atom. The van der Waals surface area contributed by atoms with Crippen LogP contribution in [0.5, 0.6) is 0 Å². The third-order valence-electron chi connectivity index (χ3n) is 2.88. The van der Waals surface area contributed by atoms with E-state index in [9.17, 15) is 19.8 Å². The summed E-state index contributed by atoms with van der Waals surface area (Å²) in [5.74, 6) is -1.96.